The average molecular weight is 291 g/mol. The van der Waals surface area contributed by atoms with Gasteiger partial charge in [0.15, 0.2) is 0 Å². The highest BCUT2D eigenvalue weighted by Crippen LogP contribution is 2.41. The molecule has 0 amide bonds. The van der Waals surface area contributed by atoms with E-state index in [0.717, 1.165) is 18.4 Å². The molecule has 0 radical (unpaired) electrons. The van der Waals surface area contributed by atoms with Crippen molar-refractivity contribution in [2.45, 2.75) is 32.1 Å². The fourth-order valence-corrected chi connectivity index (χ4v) is 3.52. The molecule has 2 nitrogen and oxygen atoms in total. The van der Waals surface area contributed by atoms with Crippen LogP contribution < -0.4 is 0 Å². The molecule has 1 aliphatic heterocycles. The van der Waals surface area contributed by atoms with E-state index in [-0.39, 0.29) is 0 Å². The number of ether oxygens (including phenoxy) is 1. The van der Waals surface area contributed by atoms with Crippen molar-refractivity contribution in [3.63, 3.8) is 0 Å². The monoisotopic (exact) mass is 291 g/mol. The van der Waals surface area contributed by atoms with Crippen LogP contribution in [0.1, 0.15) is 29.5 Å². The summed E-state index contributed by atoms with van der Waals surface area (Å²) in [6.45, 7) is 5.60. The molecule has 22 heavy (non-hydrogen) atoms. The molecule has 3 rings (SSSR count). The van der Waals surface area contributed by atoms with Crippen LogP contribution in [0.15, 0.2) is 42.5 Å². The predicted octanol–water partition coefficient (Wildman–Crippen LogP) is 4.54. The Hall–Kier alpha value is -2.11. The number of rotatable bonds is 2. The Kier molecular flexibility index (Phi) is 4.00. The molecule has 112 valence electrons. The molecule has 0 bridgehead atoms. The van der Waals surface area contributed by atoms with Gasteiger partial charge in [-0.05, 0) is 54.5 Å². The quantitative estimate of drug-likeness (QED) is 0.813. The highest BCUT2D eigenvalue weighted by Gasteiger charge is 2.36. The lowest BCUT2D eigenvalue weighted by molar-refractivity contribution is 0.0677. The van der Waals surface area contributed by atoms with E-state index in [1.54, 1.807) is 0 Å². The van der Waals surface area contributed by atoms with Crippen LogP contribution in [-0.2, 0) is 10.2 Å². The second-order valence-corrected chi connectivity index (χ2v) is 6.12. The maximum atomic E-state index is 9.90. The lowest BCUT2D eigenvalue weighted by Crippen LogP contribution is -2.32. The lowest BCUT2D eigenvalue weighted by Gasteiger charge is -2.33. The van der Waals surface area contributed by atoms with Crippen molar-refractivity contribution in [1.82, 2.24) is 0 Å². The third-order valence-electron chi connectivity index (χ3n) is 4.75. The molecule has 2 aromatic carbocycles. The fraction of sp³-hybridized carbons (Fsp3) is 0.350. The minimum Gasteiger partial charge on any atom is -0.381 e. The van der Waals surface area contributed by atoms with Gasteiger partial charge < -0.3 is 4.74 Å². The number of nitriles is 1. The Labute approximate surface area is 132 Å². The highest BCUT2D eigenvalue weighted by atomic mass is 16.5. The Morgan fingerprint density at radius 3 is 2.23 bits per heavy atom. The van der Waals surface area contributed by atoms with Crippen LogP contribution in [0.2, 0.25) is 0 Å². The van der Waals surface area contributed by atoms with Crippen LogP contribution in [0.3, 0.4) is 0 Å². The molecular formula is C20H21NO. The summed E-state index contributed by atoms with van der Waals surface area (Å²) in [5.41, 5.74) is 5.70. The predicted molar refractivity (Wildman–Crippen MR) is 88.7 cm³/mol. The first-order valence-electron chi connectivity index (χ1n) is 7.83. The van der Waals surface area contributed by atoms with E-state index in [1.807, 2.05) is 6.07 Å². The molecule has 0 aromatic heterocycles. The number of benzene rings is 2. The molecule has 0 spiro atoms. The zero-order valence-electron chi connectivity index (χ0n) is 13.2. The maximum Gasteiger partial charge on any atom is 0.0872 e. The standard InChI is InChI=1S/C20H21NO/c1-15-6-5-7-16(2)19(15)17-8-3-4-9-18(17)20(14-21)10-12-22-13-11-20/h3-9H,10-13H2,1-2H3. The molecule has 0 saturated carbocycles. The van der Waals surface area contributed by atoms with E-state index < -0.39 is 5.41 Å². The van der Waals surface area contributed by atoms with Crippen LogP contribution in [-0.4, -0.2) is 13.2 Å². The molecule has 1 fully saturated rings. The Morgan fingerprint density at radius 2 is 1.59 bits per heavy atom. The van der Waals surface area contributed by atoms with E-state index in [0.29, 0.717) is 13.2 Å². The summed E-state index contributed by atoms with van der Waals surface area (Å²) in [6.07, 6.45) is 1.54. The molecule has 1 aliphatic rings. The summed E-state index contributed by atoms with van der Waals surface area (Å²) < 4.78 is 5.49. The minimum atomic E-state index is -0.427. The normalized spacial score (nSPS) is 17.0. The van der Waals surface area contributed by atoms with Gasteiger partial charge in [0, 0.05) is 13.2 Å². The first-order valence-corrected chi connectivity index (χ1v) is 7.83. The number of aryl methyl sites for hydroxylation is 2. The second kappa shape index (κ2) is 5.94. The smallest absolute Gasteiger partial charge is 0.0872 e. The Morgan fingerprint density at radius 1 is 0.955 bits per heavy atom. The van der Waals surface area contributed by atoms with E-state index in [9.17, 15) is 5.26 Å². The van der Waals surface area contributed by atoms with Gasteiger partial charge in [0.05, 0.1) is 11.5 Å². The molecule has 2 aromatic rings. The largest absolute Gasteiger partial charge is 0.381 e. The summed E-state index contributed by atoms with van der Waals surface area (Å²) in [7, 11) is 0. The van der Waals surface area contributed by atoms with E-state index in [4.69, 9.17) is 4.74 Å². The minimum absolute atomic E-state index is 0.427. The van der Waals surface area contributed by atoms with Crippen molar-refractivity contribution in [3.05, 3.63) is 59.2 Å². The van der Waals surface area contributed by atoms with Gasteiger partial charge in [0.2, 0.25) is 0 Å². The summed E-state index contributed by atoms with van der Waals surface area (Å²) in [6, 6.07) is 17.4. The number of nitrogens with zero attached hydrogens (tertiary/aromatic N) is 1. The molecule has 1 heterocycles. The van der Waals surface area contributed by atoms with E-state index in [2.05, 4.69) is 56.3 Å². The van der Waals surface area contributed by atoms with Gasteiger partial charge in [-0.2, -0.15) is 5.26 Å². The maximum absolute atomic E-state index is 9.90. The molecule has 1 saturated heterocycles. The highest BCUT2D eigenvalue weighted by molar-refractivity contribution is 5.75. The van der Waals surface area contributed by atoms with Crippen molar-refractivity contribution in [1.29, 1.82) is 5.26 Å². The van der Waals surface area contributed by atoms with Gasteiger partial charge in [-0.15, -0.1) is 0 Å². The van der Waals surface area contributed by atoms with Gasteiger partial charge in [-0.1, -0.05) is 42.5 Å². The van der Waals surface area contributed by atoms with Crippen LogP contribution >= 0.6 is 0 Å². The van der Waals surface area contributed by atoms with Gasteiger partial charge in [-0.3, -0.25) is 0 Å². The summed E-state index contributed by atoms with van der Waals surface area (Å²) >= 11 is 0. The topological polar surface area (TPSA) is 33.0 Å². The van der Waals surface area contributed by atoms with Crippen molar-refractivity contribution in [2.24, 2.45) is 0 Å². The first-order chi connectivity index (χ1) is 10.7. The molecule has 2 heteroatoms. The van der Waals surface area contributed by atoms with Gasteiger partial charge in [0.25, 0.3) is 0 Å². The summed E-state index contributed by atoms with van der Waals surface area (Å²) in [5.74, 6) is 0. The summed E-state index contributed by atoms with van der Waals surface area (Å²) in [5, 5.41) is 9.90. The number of hydrogen-bond acceptors (Lipinski definition) is 2. The van der Waals surface area contributed by atoms with Crippen LogP contribution in [0.25, 0.3) is 11.1 Å². The van der Waals surface area contributed by atoms with Crippen molar-refractivity contribution in [3.8, 4) is 17.2 Å². The molecule has 0 N–H and O–H groups in total. The fourth-order valence-electron chi connectivity index (χ4n) is 3.52. The molecular weight excluding hydrogens is 270 g/mol. The summed E-state index contributed by atoms with van der Waals surface area (Å²) in [4.78, 5) is 0. The van der Waals surface area contributed by atoms with E-state index in [1.165, 1.54) is 22.3 Å². The zero-order valence-corrected chi connectivity index (χ0v) is 13.2. The SMILES string of the molecule is Cc1cccc(C)c1-c1ccccc1C1(C#N)CCOCC1. The molecule has 0 unspecified atom stereocenters. The van der Waals surface area contributed by atoms with Crippen molar-refractivity contribution < 1.29 is 4.74 Å². The van der Waals surface area contributed by atoms with Crippen LogP contribution in [0.4, 0.5) is 0 Å². The number of hydrogen-bond donors (Lipinski definition) is 0. The third kappa shape index (κ3) is 2.42. The average Bonchev–Trinajstić information content (AvgIpc) is 2.56. The molecule has 0 aliphatic carbocycles. The molecule has 0 atom stereocenters. The third-order valence-corrected chi connectivity index (χ3v) is 4.75. The van der Waals surface area contributed by atoms with Crippen LogP contribution in [0, 0.1) is 25.2 Å². The van der Waals surface area contributed by atoms with Crippen LogP contribution in [0.5, 0.6) is 0 Å². The Balaban J connectivity index is 2.21. The van der Waals surface area contributed by atoms with Gasteiger partial charge in [0.1, 0.15) is 0 Å². The van der Waals surface area contributed by atoms with Crippen molar-refractivity contribution >= 4 is 0 Å². The van der Waals surface area contributed by atoms with Gasteiger partial charge >= 0.3 is 0 Å². The van der Waals surface area contributed by atoms with E-state index >= 15 is 0 Å². The lowest BCUT2D eigenvalue weighted by atomic mass is 9.72. The van der Waals surface area contributed by atoms with Gasteiger partial charge in [-0.25, -0.2) is 0 Å². The second-order valence-electron chi connectivity index (χ2n) is 6.12. The van der Waals surface area contributed by atoms with Crippen molar-refractivity contribution in [2.75, 3.05) is 13.2 Å². The zero-order chi connectivity index (χ0) is 15.6. The first kappa shape index (κ1) is 14.8. The Bertz CT molecular complexity index is 700.